The minimum atomic E-state index is -0.252. The van der Waals surface area contributed by atoms with E-state index in [-0.39, 0.29) is 11.3 Å². The van der Waals surface area contributed by atoms with Crippen molar-refractivity contribution in [1.29, 1.82) is 0 Å². The van der Waals surface area contributed by atoms with E-state index in [9.17, 15) is 9.59 Å². The molecule has 7 heteroatoms. The molecule has 150 valence electrons. The molecule has 0 saturated carbocycles. The summed E-state index contributed by atoms with van der Waals surface area (Å²) in [6.07, 6.45) is 3.17. The highest BCUT2D eigenvalue weighted by molar-refractivity contribution is 7.07. The molecule has 2 aromatic carbocycles. The molecule has 0 aliphatic carbocycles. The number of Topliss-reactive ketones (excluding diaryl/α,β-unsaturated/α-hetero) is 1. The molecule has 0 fully saturated rings. The maximum Gasteiger partial charge on any atom is 0.266 e. The molecule has 0 atom stereocenters. The topological polar surface area (TPSA) is 77.6 Å². The van der Waals surface area contributed by atoms with E-state index < -0.39 is 0 Å². The summed E-state index contributed by atoms with van der Waals surface area (Å²) in [4.78, 5) is 27.5. The molecule has 3 aromatic rings. The molecular weight excluding hydrogens is 390 g/mol. The third-order valence-electron chi connectivity index (χ3n) is 4.10. The van der Waals surface area contributed by atoms with Gasteiger partial charge in [-0.15, -0.1) is 11.3 Å². The van der Waals surface area contributed by atoms with E-state index in [1.54, 1.807) is 50.6 Å². The summed E-state index contributed by atoms with van der Waals surface area (Å²) in [7, 11) is 3.14. The number of carbonyl (C=O) groups excluding carboxylic acids is 1. The number of carbonyl (C=O) groups is 1. The Kier molecular flexibility index (Phi) is 6.51. The quantitative estimate of drug-likeness (QED) is 0.604. The van der Waals surface area contributed by atoms with Crippen LogP contribution in [0.25, 0.3) is 12.2 Å². The normalized spacial score (nSPS) is 12.1. The van der Waals surface area contributed by atoms with Gasteiger partial charge in [0, 0.05) is 11.6 Å². The minimum Gasteiger partial charge on any atom is -0.497 e. The summed E-state index contributed by atoms with van der Waals surface area (Å²) in [6.45, 7) is 2.40. The Morgan fingerprint density at radius 3 is 2.48 bits per heavy atom. The fraction of sp³-hybridized carbons (Fsp3) is 0.182. The lowest BCUT2D eigenvalue weighted by Gasteiger charge is -2.09. The average molecular weight is 411 g/mol. The first-order chi connectivity index (χ1) is 14.0. The van der Waals surface area contributed by atoms with Crippen molar-refractivity contribution in [3.63, 3.8) is 0 Å². The lowest BCUT2D eigenvalue weighted by atomic mass is 10.1. The van der Waals surface area contributed by atoms with Gasteiger partial charge in [0.1, 0.15) is 5.75 Å². The lowest BCUT2D eigenvalue weighted by molar-refractivity contribution is 0.106. The molecule has 29 heavy (non-hydrogen) atoms. The molecule has 3 rings (SSSR count). The van der Waals surface area contributed by atoms with Gasteiger partial charge in [0.05, 0.1) is 30.0 Å². The van der Waals surface area contributed by atoms with Gasteiger partial charge in [0.15, 0.2) is 17.3 Å². The summed E-state index contributed by atoms with van der Waals surface area (Å²) in [5.74, 6) is 1.72. The number of rotatable bonds is 7. The molecule has 0 radical (unpaired) electrons. The Morgan fingerprint density at radius 2 is 1.83 bits per heavy atom. The molecule has 0 spiro atoms. The SMILES string of the molecule is CCOc1cc(/C=c2\s/c(=C\C(=O)c3ccc(OC)cc3)[nH]c2=O)ccc1OC. The largest absolute Gasteiger partial charge is 0.497 e. The van der Waals surface area contributed by atoms with Crippen molar-refractivity contribution in [3.05, 3.63) is 73.1 Å². The van der Waals surface area contributed by atoms with Crippen LogP contribution in [0.1, 0.15) is 22.8 Å². The first kappa shape index (κ1) is 20.4. The number of benzene rings is 2. The molecule has 1 heterocycles. The molecule has 1 aromatic heterocycles. The summed E-state index contributed by atoms with van der Waals surface area (Å²) >= 11 is 1.22. The Balaban J connectivity index is 1.93. The van der Waals surface area contributed by atoms with Crippen molar-refractivity contribution in [1.82, 2.24) is 4.98 Å². The zero-order valence-corrected chi connectivity index (χ0v) is 17.2. The minimum absolute atomic E-state index is 0.195. The van der Waals surface area contributed by atoms with E-state index in [0.717, 1.165) is 5.56 Å². The second-order valence-electron chi connectivity index (χ2n) is 6.01. The number of methoxy groups -OCH3 is 2. The fourth-order valence-electron chi connectivity index (χ4n) is 2.68. The van der Waals surface area contributed by atoms with Gasteiger partial charge in [-0.05, 0) is 55.0 Å². The summed E-state index contributed by atoms with van der Waals surface area (Å²) in [5, 5.41) is 0. The van der Waals surface area contributed by atoms with Crippen molar-refractivity contribution in [2.45, 2.75) is 6.92 Å². The molecule has 1 N–H and O–H groups in total. The van der Waals surface area contributed by atoms with Crippen LogP contribution in [0, 0.1) is 0 Å². The Bertz CT molecular complexity index is 1180. The standard InChI is InChI=1S/C22H21NO5S/c1-4-28-19-11-14(5-10-18(19)27-3)12-20-22(25)23-21(29-20)13-17(24)15-6-8-16(26-2)9-7-15/h5-13H,4H2,1-3H3,(H,23,25)/b20-12-,21-13-. The second kappa shape index (κ2) is 9.25. The Hall–Kier alpha value is -3.32. The maximum absolute atomic E-state index is 12.4. The number of ketones is 1. The molecule has 0 saturated heterocycles. The number of ether oxygens (including phenoxy) is 3. The molecular formula is C22H21NO5S. The first-order valence-corrected chi connectivity index (χ1v) is 9.77. The van der Waals surface area contributed by atoms with E-state index in [2.05, 4.69) is 4.98 Å². The van der Waals surface area contributed by atoms with Crippen LogP contribution in [0.2, 0.25) is 0 Å². The van der Waals surface area contributed by atoms with Gasteiger partial charge in [0.2, 0.25) is 0 Å². The van der Waals surface area contributed by atoms with Crippen molar-refractivity contribution < 1.29 is 19.0 Å². The second-order valence-corrected chi connectivity index (χ2v) is 7.09. The molecule has 0 amide bonds. The van der Waals surface area contributed by atoms with E-state index in [1.165, 1.54) is 17.4 Å². The van der Waals surface area contributed by atoms with Gasteiger partial charge in [0.25, 0.3) is 5.56 Å². The first-order valence-electron chi connectivity index (χ1n) is 8.96. The van der Waals surface area contributed by atoms with Gasteiger partial charge in [-0.3, -0.25) is 9.59 Å². The highest BCUT2D eigenvalue weighted by Gasteiger charge is 2.06. The number of thiazole rings is 1. The predicted octanol–water partition coefficient (Wildman–Crippen LogP) is 2.34. The van der Waals surface area contributed by atoms with Crippen molar-refractivity contribution in [3.8, 4) is 17.2 Å². The molecule has 0 aliphatic rings. The van der Waals surface area contributed by atoms with Gasteiger partial charge >= 0.3 is 0 Å². The van der Waals surface area contributed by atoms with E-state index in [4.69, 9.17) is 14.2 Å². The van der Waals surface area contributed by atoms with E-state index in [1.807, 2.05) is 19.1 Å². The summed E-state index contributed by atoms with van der Waals surface area (Å²) in [5.41, 5.74) is 1.06. The number of hydrogen-bond donors (Lipinski definition) is 1. The maximum atomic E-state index is 12.4. The van der Waals surface area contributed by atoms with Crippen molar-refractivity contribution in [2.75, 3.05) is 20.8 Å². The van der Waals surface area contributed by atoms with Crippen molar-refractivity contribution in [2.24, 2.45) is 0 Å². The molecule has 0 unspecified atom stereocenters. The van der Waals surface area contributed by atoms with Gasteiger partial charge in [-0.2, -0.15) is 0 Å². The smallest absolute Gasteiger partial charge is 0.266 e. The van der Waals surface area contributed by atoms with Gasteiger partial charge in [-0.1, -0.05) is 6.07 Å². The number of H-pyrrole nitrogens is 1. The van der Waals surface area contributed by atoms with Crippen LogP contribution < -0.4 is 29.0 Å². The monoisotopic (exact) mass is 411 g/mol. The third-order valence-corrected chi connectivity index (χ3v) is 5.07. The van der Waals surface area contributed by atoms with Crippen molar-refractivity contribution >= 4 is 29.3 Å². The van der Waals surface area contributed by atoms with Crippen LogP contribution in [0.5, 0.6) is 17.2 Å². The van der Waals surface area contributed by atoms with Crippen LogP contribution >= 0.6 is 11.3 Å². The Morgan fingerprint density at radius 1 is 1.07 bits per heavy atom. The zero-order chi connectivity index (χ0) is 20.8. The molecule has 0 aliphatic heterocycles. The summed E-state index contributed by atoms with van der Waals surface area (Å²) < 4.78 is 16.9. The fourth-order valence-corrected chi connectivity index (χ4v) is 3.57. The highest BCUT2D eigenvalue weighted by atomic mass is 32.1. The van der Waals surface area contributed by atoms with Gasteiger partial charge in [-0.25, -0.2) is 0 Å². The number of aromatic nitrogens is 1. The highest BCUT2D eigenvalue weighted by Crippen LogP contribution is 2.28. The van der Waals surface area contributed by atoms with Crippen LogP contribution in [0.3, 0.4) is 0 Å². The van der Waals surface area contributed by atoms with Gasteiger partial charge < -0.3 is 19.2 Å². The number of hydrogen-bond acceptors (Lipinski definition) is 6. The number of aromatic amines is 1. The number of nitrogens with one attached hydrogen (secondary N) is 1. The van der Waals surface area contributed by atoms with Crippen LogP contribution in [0.15, 0.2) is 47.3 Å². The average Bonchev–Trinajstić information content (AvgIpc) is 3.07. The van der Waals surface area contributed by atoms with Crippen LogP contribution in [-0.2, 0) is 0 Å². The lowest BCUT2D eigenvalue weighted by Crippen LogP contribution is -2.20. The van der Waals surface area contributed by atoms with Crippen LogP contribution in [0.4, 0.5) is 0 Å². The van der Waals surface area contributed by atoms with E-state index in [0.29, 0.717) is 38.6 Å². The summed E-state index contributed by atoms with van der Waals surface area (Å²) in [6, 6.07) is 12.2. The predicted molar refractivity (Wildman–Crippen MR) is 114 cm³/mol. The Labute approximate surface area is 171 Å². The molecule has 6 nitrogen and oxygen atoms in total. The molecule has 0 bridgehead atoms. The third kappa shape index (κ3) is 4.94. The van der Waals surface area contributed by atoms with E-state index >= 15 is 0 Å². The zero-order valence-electron chi connectivity index (χ0n) is 16.4. The van der Waals surface area contributed by atoms with Crippen LogP contribution in [-0.4, -0.2) is 31.6 Å².